The van der Waals surface area contributed by atoms with Crippen LogP contribution in [0.3, 0.4) is 0 Å². The predicted octanol–water partition coefficient (Wildman–Crippen LogP) is 9.74. The van der Waals surface area contributed by atoms with Crippen molar-refractivity contribution in [3.63, 3.8) is 0 Å². The molecule has 1 saturated heterocycles. The van der Waals surface area contributed by atoms with Gasteiger partial charge in [0.25, 0.3) is 0 Å². The second kappa shape index (κ2) is 21.6. The van der Waals surface area contributed by atoms with Crippen LogP contribution in [0.4, 0.5) is 0 Å². The number of aliphatic hydroxyl groups is 2. The van der Waals surface area contributed by atoms with Gasteiger partial charge < -0.3 is 20.3 Å². The summed E-state index contributed by atoms with van der Waals surface area (Å²) in [6.45, 7) is 5.23. The fourth-order valence-electron chi connectivity index (χ4n) is 7.14. The van der Waals surface area contributed by atoms with E-state index in [0.717, 1.165) is 57.9 Å². The highest BCUT2D eigenvalue weighted by molar-refractivity contribution is 5.22. The lowest BCUT2D eigenvalue weighted by molar-refractivity contribution is 0.0205. The maximum atomic E-state index is 10.5. The van der Waals surface area contributed by atoms with Gasteiger partial charge in [-0.2, -0.15) is 0 Å². The summed E-state index contributed by atoms with van der Waals surface area (Å²) in [6, 6.07) is 32.3. The summed E-state index contributed by atoms with van der Waals surface area (Å²) in [4.78, 5) is 2.44. The Labute approximate surface area is 313 Å². The van der Waals surface area contributed by atoms with Crippen molar-refractivity contribution in [1.82, 2.24) is 10.2 Å². The molecular weight excluding hydrogens is 641 g/mol. The van der Waals surface area contributed by atoms with Crippen LogP contribution in [0.15, 0.2) is 152 Å². The molecule has 1 aliphatic heterocycles. The Morgan fingerprint density at radius 1 is 0.577 bits per heavy atom. The van der Waals surface area contributed by atoms with Gasteiger partial charge in [0.15, 0.2) is 0 Å². The van der Waals surface area contributed by atoms with Gasteiger partial charge in [0.05, 0.1) is 24.4 Å². The van der Waals surface area contributed by atoms with Crippen LogP contribution in [0.25, 0.3) is 0 Å². The van der Waals surface area contributed by atoms with Crippen molar-refractivity contribution in [3.8, 4) is 0 Å². The molecule has 3 aromatic rings. The van der Waals surface area contributed by atoms with Crippen LogP contribution < -0.4 is 5.32 Å². The van der Waals surface area contributed by atoms with E-state index in [0.29, 0.717) is 12.2 Å². The molecule has 3 aromatic carbocycles. The minimum Gasteiger partial charge on any atom is -0.391 e. The molecule has 52 heavy (non-hydrogen) atoms. The fourth-order valence-corrected chi connectivity index (χ4v) is 7.14. The third-order valence-corrected chi connectivity index (χ3v) is 10.4. The first-order chi connectivity index (χ1) is 25.5. The number of fused-ring (bicyclic) bond motifs is 1. The number of allylic oxidation sites excluding steroid dienone is 4. The molecule has 4 aliphatic carbocycles. The number of nitrogens with one attached hydrogen (secondary N) is 1. The first-order valence-corrected chi connectivity index (χ1v) is 19.4. The van der Waals surface area contributed by atoms with E-state index >= 15 is 0 Å². The van der Waals surface area contributed by atoms with Crippen molar-refractivity contribution in [2.75, 3.05) is 0 Å². The molecule has 5 heteroatoms. The third kappa shape index (κ3) is 13.0. The number of rotatable bonds is 8. The average molecular weight is 701 g/mol. The minimum absolute atomic E-state index is 0.162. The number of epoxide rings is 1. The summed E-state index contributed by atoms with van der Waals surface area (Å²) in [7, 11) is 0. The van der Waals surface area contributed by atoms with Crippen molar-refractivity contribution in [1.29, 1.82) is 0 Å². The van der Waals surface area contributed by atoms with Crippen LogP contribution >= 0.6 is 0 Å². The molecule has 5 aliphatic rings. The molecule has 0 saturated carbocycles. The molecule has 3 N–H and O–H groups in total. The predicted molar refractivity (Wildman–Crippen MR) is 216 cm³/mol. The zero-order valence-electron chi connectivity index (χ0n) is 31.2. The van der Waals surface area contributed by atoms with Crippen LogP contribution in [0.2, 0.25) is 0 Å². The zero-order valence-corrected chi connectivity index (χ0v) is 31.2. The first kappa shape index (κ1) is 39.4. The molecule has 1 heterocycles. The lowest BCUT2D eigenvalue weighted by atomic mass is 9.93. The minimum atomic E-state index is -0.296. The van der Waals surface area contributed by atoms with E-state index in [1.165, 1.54) is 16.7 Å². The van der Waals surface area contributed by atoms with Crippen molar-refractivity contribution in [2.45, 2.75) is 120 Å². The first-order valence-electron chi connectivity index (χ1n) is 19.4. The van der Waals surface area contributed by atoms with Crippen LogP contribution in [-0.2, 0) is 11.3 Å². The molecule has 5 nitrogen and oxygen atoms in total. The van der Waals surface area contributed by atoms with Gasteiger partial charge >= 0.3 is 0 Å². The monoisotopic (exact) mass is 700 g/mol. The van der Waals surface area contributed by atoms with Gasteiger partial charge in [0.1, 0.15) is 0 Å². The Morgan fingerprint density at radius 3 is 1.58 bits per heavy atom. The molecule has 0 radical (unpaired) electrons. The van der Waals surface area contributed by atoms with Crippen LogP contribution in [0, 0.1) is 0 Å². The molecule has 0 bridgehead atoms. The number of aliphatic hydroxyl groups excluding tert-OH is 2. The maximum absolute atomic E-state index is 10.5. The summed E-state index contributed by atoms with van der Waals surface area (Å²) >= 11 is 0. The van der Waals surface area contributed by atoms with Gasteiger partial charge in [-0.3, -0.25) is 4.90 Å². The normalized spacial score (nSPS) is 26.3. The SMILES string of the molecule is C1=CCC2OC2C1.C1=CCC=CC1.C[C@@H](N[C@H]1CC=CC[C@@H]1O)c1ccccc1.C[C@H](c1ccccc1)N(Cc1ccccc1)[C@H]1CC=CC[C@@H]1O. The summed E-state index contributed by atoms with van der Waals surface area (Å²) in [5, 5.41) is 23.9. The number of ether oxygens (including phenoxy) is 1. The number of nitrogens with zero attached hydrogens (tertiary/aromatic N) is 1. The highest BCUT2D eigenvalue weighted by Crippen LogP contribution is 2.32. The lowest BCUT2D eigenvalue weighted by Gasteiger charge is -2.40. The molecule has 2 unspecified atom stereocenters. The van der Waals surface area contributed by atoms with Crippen LogP contribution in [0.5, 0.6) is 0 Å². The molecular formula is C47H60N2O3. The van der Waals surface area contributed by atoms with Gasteiger partial charge in [0, 0.05) is 30.7 Å². The fraction of sp³-hybridized carbons (Fsp3) is 0.404. The molecule has 8 rings (SSSR count). The molecule has 0 spiro atoms. The van der Waals surface area contributed by atoms with E-state index in [1.54, 1.807) is 0 Å². The standard InChI is InChI=1S/C21H25NO.C14H19NO.C6H8O.C6H8/c1-17(19-12-6-3-7-13-19)22(16-18-10-4-2-5-11-18)20-14-8-9-15-21(20)23;1-11(12-7-3-2-4-8-12)15-13-9-5-6-10-14(13)16;1-2-4-6-5(3-1)7-6;1-2-4-6-5-3-1/h2-13,17,20-21,23H,14-16H2,1H3;2-8,11,13-16H,9-10H2,1H3;1-2,5-6H,3-4H2;1-2,5-6H,3-4H2/t17-,20+,21+;11-,13+,14+;;/m11../s1. The van der Waals surface area contributed by atoms with Crippen LogP contribution in [-0.4, -0.2) is 51.6 Å². The average Bonchev–Trinajstić information content (AvgIpc) is 4.01. The Morgan fingerprint density at radius 2 is 1.06 bits per heavy atom. The Hall–Kier alpha value is -3.84. The Bertz CT molecular complexity index is 1540. The largest absolute Gasteiger partial charge is 0.391 e. The maximum Gasteiger partial charge on any atom is 0.0879 e. The van der Waals surface area contributed by atoms with Gasteiger partial charge in [-0.15, -0.1) is 0 Å². The van der Waals surface area contributed by atoms with Gasteiger partial charge in [-0.1, -0.05) is 152 Å². The van der Waals surface area contributed by atoms with E-state index < -0.39 is 0 Å². The van der Waals surface area contributed by atoms with Gasteiger partial charge in [-0.05, 0) is 81.9 Å². The molecule has 276 valence electrons. The third-order valence-electron chi connectivity index (χ3n) is 10.4. The molecule has 8 atom stereocenters. The van der Waals surface area contributed by atoms with E-state index in [4.69, 9.17) is 4.74 Å². The van der Waals surface area contributed by atoms with Crippen molar-refractivity contribution >= 4 is 0 Å². The molecule has 0 aromatic heterocycles. The number of hydrogen-bond acceptors (Lipinski definition) is 5. The van der Waals surface area contributed by atoms with Gasteiger partial charge in [-0.25, -0.2) is 0 Å². The van der Waals surface area contributed by atoms with E-state index in [2.05, 4.69) is 152 Å². The van der Waals surface area contributed by atoms with Crippen LogP contribution in [0.1, 0.15) is 94.0 Å². The second-order valence-electron chi connectivity index (χ2n) is 14.3. The van der Waals surface area contributed by atoms with Gasteiger partial charge in [0.2, 0.25) is 0 Å². The summed E-state index contributed by atoms with van der Waals surface area (Å²) < 4.78 is 5.22. The summed E-state index contributed by atoms with van der Waals surface area (Å²) in [6.07, 6.45) is 30.2. The highest BCUT2D eigenvalue weighted by Gasteiger charge is 2.38. The van der Waals surface area contributed by atoms with Crippen molar-refractivity contribution < 1.29 is 14.9 Å². The Balaban J connectivity index is 0.000000153. The number of hydrogen-bond donors (Lipinski definition) is 3. The van der Waals surface area contributed by atoms with Crippen molar-refractivity contribution in [2.24, 2.45) is 0 Å². The lowest BCUT2D eigenvalue weighted by Crippen LogP contribution is -2.45. The van der Waals surface area contributed by atoms with E-state index in [-0.39, 0.29) is 36.4 Å². The molecule has 1 fully saturated rings. The quantitative estimate of drug-likeness (QED) is 0.161. The van der Waals surface area contributed by atoms with E-state index in [1.807, 2.05) is 24.3 Å². The highest BCUT2D eigenvalue weighted by atomic mass is 16.6. The number of benzene rings is 3. The smallest absolute Gasteiger partial charge is 0.0879 e. The second-order valence-corrected chi connectivity index (χ2v) is 14.3. The molecule has 0 amide bonds. The van der Waals surface area contributed by atoms with Crippen molar-refractivity contribution in [3.05, 3.63) is 168 Å². The topological polar surface area (TPSA) is 68.3 Å². The zero-order chi connectivity index (χ0) is 36.4. The summed E-state index contributed by atoms with van der Waals surface area (Å²) in [5.41, 5.74) is 3.85. The van der Waals surface area contributed by atoms with E-state index in [9.17, 15) is 10.2 Å². The summed E-state index contributed by atoms with van der Waals surface area (Å²) in [5.74, 6) is 0. The Kier molecular flexibility index (Phi) is 16.4.